The van der Waals surface area contributed by atoms with Crippen LogP contribution in [0.25, 0.3) is 0 Å². The molecule has 2 aromatic rings. The lowest BCUT2D eigenvalue weighted by atomic mass is 9.83. The molecule has 1 atom stereocenters. The van der Waals surface area contributed by atoms with E-state index in [-0.39, 0.29) is 24.9 Å². The molecule has 7 heteroatoms. The molecule has 0 spiro atoms. The molecule has 0 aromatic heterocycles. The number of ether oxygens (including phenoxy) is 1. The van der Waals surface area contributed by atoms with Crippen LogP contribution in [0.1, 0.15) is 55.4 Å². The molecule has 0 fully saturated rings. The standard InChI is InChI=1S/C26H28F3NO3/c1-16(2)15-33-25(32)24-18(4)30(14-19-7-5-17(3)6-8-19)23(31)13-22(24)20-9-11-21(12-10-20)26(27,28)29/h5-12,16,22H,13-15H2,1-4H3. The normalized spacial score (nSPS) is 17.0. The monoisotopic (exact) mass is 459 g/mol. The third-order valence-electron chi connectivity index (χ3n) is 5.69. The molecule has 0 radical (unpaired) electrons. The molecular weight excluding hydrogens is 431 g/mol. The van der Waals surface area contributed by atoms with Crippen LogP contribution in [0.5, 0.6) is 0 Å². The molecule has 0 saturated carbocycles. The number of benzene rings is 2. The number of halogens is 3. The molecule has 1 unspecified atom stereocenters. The summed E-state index contributed by atoms with van der Waals surface area (Å²) in [7, 11) is 0. The maximum Gasteiger partial charge on any atom is 0.416 e. The summed E-state index contributed by atoms with van der Waals surface area (Å²) in [6.45, 7) is 7.99. The smallest absolute Gasteiger partial charge is 0.416 e. The fraction of sp³-hybridized carbons (Fsp3) is 0.385. The van der Waals surface area contributed by atoms with Gasteiger partial charge >= 0.3 is 12.1 Å². The van der Waals surface area contributed by atoms with E-state index in [2.05, 4.69) is 0 Å². The third-order valence-corrected chi connectivity index (χ3v) is 5.69. The zero-order valence-corrected chi connectivity index (χ0v) is 19.2. The van der Waals surface area contributed by atoms with E-state index in [0.29, 0.717) is 23.4 Å². The predicted octanol–water partition coefficient (Wildman–Crippen LogP) is 6.00. The van der Waals surface area contributed by atoms with Gasteiger partial charge in [0.05, 0.1) is 24.3 Å². The van der Waals surface area contributed by atoms with E-state index in [1.54, 1.807) is 11.8 Å². The highest BCUT2D eigenvalue weighted by Crippen LogP contribution is 2.39. The lowest BCUT2D eigenvalue weighted by Crippen LogP contribution is -2.38. The van der Waals surface area contributed by atoms with E-state index in [1.165, 1.54) is 12.1 Å². The first-order valence-corrected chi connectivity index (χ1v) is 10.9. The average Bonchev–Trinajstić information content (AvgIpc) is 2.75. The maximum absolute atomic E-state index is 13.1. The van der Waals surface area contributed by atoms with Gasteiger partial charge < -0.3 is 9.64 Å². The van der Waals surface area contributed by atoms with Crippen LogP contribution in [-0.2, 0) is 27.0 Å². The number of esters is 1. The minimum Gasteiger partial charge on any atom is -0.462 e. The van der Waals surface area contributed by atoms with Crippen LogP contribution < -0.4 is 0 Å². The van der Waals surface area contributed by atoms with Gasteiger partial charge in [-0.3, -0.25) is 4.79 Å². The number of nitrogens with zero attached hydrogens (tertiary/aromatic N) is 1. The zero-order chi connectivity index (χ0) is 24.3. The van der Waals surface area contributed by atoms with E-state index in [4.69, 9.17) is 4.74 Å². The second-order valence-electron chi connectivity index (χ2n) is 8.83. The van der Waals surface area contributed by atoms with Crippen LogP contribution in [0.4, 0.5) is 13.2 Å². The molecule has 1 heterocycles. The number of hydrogen-bond acceptors (Lipinski definition) is 3. The lowest BCUT2D eigenvalue weighted by Gasteiger charge is -2.34. The lowest BCUT2D eigenvalue weighted by molar-refractivity contribution is -0.141. The molecular formula is C26H28F3NO3. The summed E-state index contributed by atoms with van der Waals surface area (Å²) in [6, 6.07) is 12.4. The van der Waals surface area contributed by atoms with Gasteiger partial charge in [-0.05, 0) is 43.0 Å². The Bertz CT molecular complexity index is 1040. The topological polar surface area (TPSA) is 46.6 Å². The maximum atomic E-state index is 13.1. The average molecular weight is 460 g/mol. The summed E-state index contributed by atoms with van der Waals surface area (Å²) in [5.41, 5.74) is 2.47. The van der Waals surface area contributed by atoms with Gasteiger partial charge in [0.2, 0.25) is 5.91 Å². The first-order valence-electron chi connectivity index (χ1n) is 10.9. The number of allylic oxidation sites excluding steroid dienone is 1. The minimum absolute atomic E-state index is 0.0271. The highest BCUT2D eigenvalue weighted by Gasteiger charge is 2.37. The number of alkyl halides is 3. The molecule has 33 heavy (non-hydrogen) atoms. The van der Waals surface area contributed by atoms with Crippen LogP contribution in [0, 0.1) is 12.8 Å². The summed E-state index contributed by atoms with van der Waals surface area (Å²) in [5.74, 6) is -1.30. The fourth-order valence-electron chi connectivity index (χ4n) is 3.85. The van der Waals surface area contributed by atoms with Crippen molar-refractivity contribution in [1.29, 1.82) is 0 Å². The van der Waals surface area contributed by atoms with Crippen LogP contribution in [0.2, 0.25) is 0 Å². The first kappa shape index (κ1) is 24.6. The number of carbonyl (C=O) groups excluding carboxylic acids is 2. The molecule has 0 aliphatic carbocycles. The number of carbonyl (C=O) groups is 2. The zero-order valence-electron chi connectivity index (χ0n) is 19.2. The highest BCUT2D eigenvalue weighted by atomic mass is 19.4. The quantitative estimate of drug-likeness (QED) is 0.498. The number of aryl methyl sites for hydroxylation is 1. The van der Waals surface area contributed by atoms with E-state index in [0.717, 1.165) is 23.3 Å². The van der Waals surface area contributed by atoms with Gasteiger partial charge in [-0.1, -0.05) is 55.8 Å². The van der Waals surface area contributed by atoms with Gasteiger partial charge in [-0.15, -0.1) is 0 Å². The van der Waals surface area contributed by atoms with Crippen LogP contribution in [-0.4, -0.2) is 23.4 Å². The highest BCUT2D eigenvalue weighted by molar-refractivity contribution is 5.95. The van der Waals surface area contributed by atoms with E-state index in [1.807, 2.05) is 45.0 Å². The Kier molecular flexibility index (Phi) is 7.30. The van der Waals surface area contributed by atoms with Crippen molar-refractivity contribution in [3.8, 4) is 0 Å². The summed E-state index contributed by atoms with van der Waals surface area (Å²) in [4.78, 5) is 27.7. The molecule has 4 nitrogen and oxygen atoms in total. The Hall–Kier alpha value is -3.09. The van der Waals surface area contributed by atoms with Gasteiger partial charge in [-0.2, -0.15) is 13.2 Å². The summed E-state index contributed by atoms with van der Waals surface area (Å²) >= 11 is 0. The van der Waals surface area contributed by atoms with Crippen molar-refractivity contribution < 1.29 is 27.5 Å². The van der Waals surface area contributed by atoms with Crippen molar-refractivity contribution in [1.82, 2.24) is 4.90 Å². The predicted molar refractivity (Wildman–Crippen MR) is 119 cm³/mol. The Morgan fingerprint density at radius 1 is 1.06 bits per heavy atom. The molecule has 3 rings (SSSR count). The fourth-order valence-corrected chi connectivity index (χ4v) is 3.85. The summed E-state index contributed by atoms with van der Waals surface area (Å²) in [5, 5.41) is 0. The second-order valence-corrected chi connectivity index (χ2v) is 8.83. The van der Waals surface area contributed by atoms with E-state index >= 15 is 0 Å². The Labute approximate surface area is 192 Å². The molecule has 176 valence electrons. The van der Waals surface area contributed by atoms with E-state index in [9.17, 15) is 22.8 Å². The van der Waals surface area contributed by atoms with Gasteiger partial charge in [0.1, 0.15) is 0 Å². The van der Waals surface area contributed by atoms with Crippen LogP contribution in [0.15, 0.2) is 59.8 Å². The Balaban J connectivity index is 1.99. The molecule has 0 N–H and O–H groups in total. The SMILES string of the molecule is CC1=C(C(=O)OCC(C)C)C(c2ccc(C(F)(F)F)cc2)CC(=O)N1Cc1ccc(C)cc1. The molecule has 2 aromatic carbocycles. The van der Waals surface area contributed by atoms with Crippen molar-refractivity contribution in [2.75, 3.05) is 6.61 Å². The summed E-state index contributed by atoms with van der Waals surface area (Å²) in [6.07, 6.45) is -4.49. The van der Waals surface area contributed by atoms with Crippen molar-refractivity contribution in [3.05, 3.63) is 82.1 Å². The molecule has 0 bridgehead atoms. The largest absolute Gasteiger partial charge is 0.462 e. The number of hydrogen-bond donors (Lipinski definition) is 0. The Morgan fingerprint density at radius 3 is 2.21 bits per heavy atom. The van der Waals surface area contributed by atoms with Crippen molar-refractivity contribution in [2.45, 2.75) is 52.8 Å². The van der Waals surface area contributed by atoms with Crippen molar-refractivity contribution in [3.63, 3.8) is 0 Å². The van der Waals surface area contributed by atoms with Crippen LogP contribution >= 0.6 is 0 Å². The first-order chi connectivity index (χ1) is 15.5. The second kappa shape index (κ2) is 9.81. The third kappa shape index (κ3) is 5.83. The van der Waals surface area contributed by atoms with Gasteiger partial charge in [0.15, 0.2) is 0 Å². The molecule has 0 saturated heterocycles. The van der Waals surface area contributed by atoms with Gasteiger partial charge in [0.25, 0.3) is 0 Å². The summed E-state index contributed by atoms with van der Waals surface area (Å²) < 4.78 is 44.5. The van der Waals surface area contributed by atoms with Gasteiger partial charge in [-0.25, -0.2) is 4.79 Å². The number of rotatable bonds is 6. The van der Waals surface area contributed by atoms with Crippen LogP contribution in [0.3, 0.4) is 0 Å². The van der Waals surface area contributed by atoms with Gasteiger partial charge in [0, 0.05) is 18.0 Å². The Morgan fingerprint density at radius 2 is 1.67 bits per heavy atom. The molecule has 1 aliphatic rings. The minimum atomic E-state index is -4.46. The van der Waals surface area contributed by atoms with Crippen molar-refractivity contribution >= 4 is 11.9 Å². The van der Waals surface area contributed by atoms with E-state index < -0.39 is 23.6 Å². The molecule has 1 aliphatic heterocycles. The van der Waals surface area contributed by atoms with Crippen molar-refractivity contribution in [2.24, 2.45) is 5.92 Å². The number of amides is 1. The molecule has 1 amide bonds.